The van der Waals surface area contributed by atoms with Gasteiger partial charge in [0.1, 0.15) is 0 Å². The second-order valence-corrected chi connectivity index (χ2v) is 4.21. The summed E-state index contributed by atoms with van der Waals surface area (Å²) in [5, 5.41) is 8.98. The summed E-state index contributed by atoms with van der Waals surface area (Å²) in [4.78, 5) is 0. The predicted molar refractivity (Wildman–Crippen MR) is 53.8 cm³/mol. The van der Waals surface area contributed by atoms with Gasteiger partial charge < -0.3 is 5.11 Å². The van der Waals surface area contributed by atoms with Gasteiger partial charge in [-0.15, -0.1) is 0 Å². The van der Waals surface area contributed by atoms with E-state index in [9.17, 15) is 0 Å². The van der Waals surface area contributed by atoms with E-state index in [0.717, 1.165) is 0 Å². The molecule has 0 saturated heterocycles. The van der Waals surface area contributed by atoms with Crippen LogP contribution in [-0.4, -0.2) is 11.7 Å². The molecule has 2 atom stereocenters. The molecule has 1 N–H and O–H groups in total. The van der Waals surface area contributed by atoms with Crippen molar-refractivity contribution in [3.8, 4) is 0 Å². The maximum atomic E-state index is 8.98. The quantitative estimate of drug-likeness (QED) is 0.733. The Kier molecular flexibility index (Phi) is 2.12. The Labute approximate surface area is 79.4 Å². The highest BCUT2D eigenvalue weighted by Crippen LogP contribution is 2.47. The summed E-state index contributed by atoms with van der Waals surface area (Å²) in [6.07, 6.45) is 1.17. The lowest BCUT2D eigenvalue weighted by molar-refractivity contribution is 0.274. The normalized spacial score (nSPS) is 26.1. The van der Waals surface area contributed by atoms with Crippen molar-refractivity contribution in [3.05, 3.63) is 34.9 Å². The SMILES string of the molecule is Cc1cc(C)cc([C@@H]2C[C@@H]2CO)c1. The molecule has 70 valence electrons. The van der Waals surface area contributed by atoms with Crippen LogP contribution in [0.1, 0.15) is 29.0 Å². The van der Waals surface area contributed by atoms with Gasteiger partial charge in [-0.05, 0) is 37.7 Å². The van der Waals surface area contributed by atoms with Crippen molar-refractivity contribution in [2.45, 2.75) is 26.2 Å². The third-order valence-electron chi connectivity index (χ3n) is 2.83. The molecule has 1 aliphatic rings. The fourth-order valence-electron chi connectivity index (χ4n) is 2.08. The zero-order valence-corrected chi connectivity index (χ0v) is 8.25. The molecule has 1 aromatic carbocycles. The molecule has 0 radical (unpaired) electrons. The zero-order chi connectivity index (χ0) is 9.42. The van der Waals surface area contributed by atoms with Crippen LogP contribution in [0.4, 0.5) is 0 Å². The molecule has 0 amide bonds. The van der Waals surface area contributed by atoms with E-state index in [4.69, 9.17) is 5.11 Å². The summed E-state index contributed by atoms with van der Waals surface area (Å²) in [5.41, 5.74) is 4.08. The van der Waals surface area contributed by atoms with Crippen LogP contribution >= 0.6 is 0 Å². The van der Waals surface area contributed by atoms with Gasteiger partial charge in [0.25, 0.3) is 0 Å². The van der Waals surface area contributed by atoms with E-state index in [0.29, 0.717) is 18.4 Å². The zero-order valence-electron chi connectivity index (χ0n) is 8.25. The molecule has 0 bridgehead atoms. The largest absolute Gasteiger partial charge is 0.396 e. The average Bonchev–Trinajstić information content (AvgIpc) is 2.80. The van der Waals surface area contributed by atoms with Crippen LogP contribution < -0.4 is 0 Å². The molecule has 0 spiro atoms. The van der Waals surface area contributed by atoms with Crippen molar-refractivity contribution in [2.24, 2.45) is 5.92 Å². The fraction of sp³-hybridized carbons (Fsp3) is 0.500. The summed E-state index contributed by atoms with van der Waals surface area (Å²) in [6.45, 7) is 4.61. The highest BCUT2D eigenvalue weighted by atomic mass is 16.3. The number of hydrogen-bond acceptors (Lipinski definition) is 1. The van der Waals surface area contributed by atoms with E-state index in [2.05, 4.69) is 32.0 Å². The molecule has 2 rings (SSSR count). The van der Waals surface area contributed by atoms with Gasteiger partial charge in [0, 0.05) is 6.61 Å². The van der Waals surface area contributed by atoms with E-state index in [-0.39, 0.29) is 0 Å². The topological polar surface area (TPSA) is 20.2 Å². The Morgan fingerprint density at radius 1 is 1.23 bits per heavy atom. The molecule has 1 nitrogen and oxygen atoms in total. The minimum absolute atomic E-state index is 0.345. The standard InChI is InChI=1S/C12H16O/c1-8-3-9(2)5-10(4-8)12-6-11(12)7-13/h3-5,11-13H,6-7H2,1-2H3/t11-,12+/m1/s1. The van der Waals surface area contributed by atoms with E-state index in [1.54, 1.807) is 0 Å². The lowest BCUT2D eigenvalue weighted by Crippen LogP contribution is -1.90. The van der Waals surface area contributed by atoms with Crippen LogP contribution in [0.25, 0.3) is 0 Å². The second kappa shape index (κ2) is 3.15. The smallest absolute Gasteiger partial charge is 0.0465 e. The number of hydrogen-bond donors (Lipinski definition) is 1. The summed E-state index contributed by atoms with van der Waals surface area (Å²) in [6, 6.07) is 6.68. The molecule has 0 heterocycles. The van der Waals surface area contributed by atoms with Crippen molar-refractivity contribution in [3.63, 3.8) is 0 Å². The van der Waals surface area contributed by atoms with Crippen molar-refractivity contribution < 1.29 is 5.11 Å². The van der Waals surface area contributed by atoms with Crippen LogP contribution in [0.15, 0.2) is 18.2 Å². The summed E-state index contributed by atoms with van der Waals surface area (Å²) in [7, 11) is 0. The molecular weight excluding hydrogens is 160 g/mol. The number of benzene rings is 1. The minimum atomic E-state index is 0.345. The third-order valence-corrected chi connectivity index (χ3v) is 2.83. The van der Waals surface area contributed by atoms with E-state index >= 15 is 0 Å². The number of aliphatic hydroxyl groups excluding tert-OH is 1. The first-order valence-corrected chi connectivity index (χ1v) is 4.90. The lowest BCUT2D eigenvalue weighted by Gasteiger charge is -2.03. The maximum Gasteiger partial charge on any atom is 0.0465 e. The third kappa shape index (κ3) is 1.75. The van der Waals surface area contributed by atoms with Gasteiger partial charge >= 0.3 is 0 Å². The average molecular weight is 176 g/mol. The highest BCUT2D eigenvalue weighted by Gasteiger charge is 2.37. The van der Waals surface area contributed by atoms with Crippen LogP contribution in [0.2, 0.25) is 0 Å². The molecule has 0 aromatic heterocycles. The number of aliphatic hydroxyl groups is 1. The molecule has 1 aliphatic carbocycles. The molecule has 0 unspecified atom stereocenters. The first-order chi connectivity index (χ1) is 6.20. The first kappa shape index (κ1) is 8.76. The Hall–Kier alpha value is -0.820. The highest BCUT2D eigenvalue weighted by molar-refractivity contribution is 5.34. The summed E-state index contributed by atoms with van der Waals surface area (Å²) in [5.74, 6) is 1.16. The van der Waals surface area contributed by atoms with Crippen LogP contribution in [0.5, 0.6) is 0 Å². The van der Waals surface area contributed by atoms with E-state index in [1.165, 1.54) is 23.1 Å². The molecule has 13 heavy (non-hydrogen) atoms. The molecule has 1 aromatic rings. The van der Waals surface area contributed by atoms with E-state index in [1.807, 2.05) is 0 Å². The second-order valence-electron chi connectivity index (χ2n) is 4.21. The Morgan fingerprint density at radius 3 is 2.31 bits per heavy atom. The van der Waals surface area contributed by atoms with Gasteiger partial charge in [-0.25, -0.2) is 0 Å². The number of aryl methyl sites for hydroxylation is 2. The first-order valence-electron chi connectivity index (χ1n) is 4.90. The Balaban J connectivity index is 2.22. The Morgan fingerprint density at radius 2 is 1.85 bits per heavy atom. The van der Waals surface area contributed by atoms with Gasteiger partial charge in [-0.3, -0.25) is 0 Å². The van der Waals surface area contributed by atoms with E-state index < -0.39 is 0 Å². The van der Waals surface area contributed by atoms with Crippen molar-refractivity contribution >= 4 is 0 Å². The molecule has 1 heteroatoms. The van der Waals surface area contributed by atoms with Gasteiger partial charge in [0.2, 0.25) is 0 Å². The molecule has 1 saturated carbocycles. The Bertz CT molecular complexity index is 297. The van der Waals surface area contributed by atoms with Gasteiger partial charge in [-0.1, -0.05) is 29.3 Å². The van der Waals surface area contributed by atoms with Crippen LogP contribution in [0, 0.1) is 19.8 Å². The summed E-state index contributed by atoms with van der Waals surface area (Å²) >= 11 is 0. The van der Waals surface area contributed by atoms with Gasteiger partial charge in [0.05, 0.1) is 0 Å². The van der Waals surface area contributed by atoms with Gasteiger partial charge in [-0.2, -0.15) is 0 Å². The molecule has 1 fully saturated rings. The lowest BCUT2D eigenvalue weighted by atomic mass is 10.0. The van der Waals surface area contributed by atoms with Crippen molar-refractivity contribution in [2.75, 3.05) is 6.61 Å². The van der Waals surface area contributed by atoms with Crippen LogP contribution in [0.3, 0.4) is 0 Å². The fourth-order valence-corrected chi connectivity index (χ4v) is 2.08. The van der Waals surface area contributed by atoms with Gasteiger partial charge in [0.15, 0.2) is 0 Å². The number of rotatable bonds is 2. The molecule has 0 aliphatic heterocycles. The predicted octanol–water partition coefficient (Wildman–Crippen LogP) is 2.40. The monoisotopic (exact) mass is 176 g/mol. The minimum Gasteiger partial charge on any atom is -0.396 e. The molecular formula is C12H16O. The van der Waals surface area contributed by atoms with Crippen molar-refractivity contribution in [1.29, 1.82) is 0 Å². The van der Waals surface area contributed by atoms with Crippen LogP contribution in [-0.2, 0) is 0 Å². The maximum absolute atomic E-state index is 8.98. The summed E-state index contributed by atoms with van der Waals surface area (Å²) < 4.78 is 0. The van der Waals surface area contributed by atoms with Crippen molar-refractivity contribution in [1.82, 2.24) is 0 Å².